The lowest BCUT2D eigenvalue weighted by Gasteiger charge is -2.23. The van der Waals surface area contributed by atoms with E-state index in [4.69, 9.17) is 9.15 Å². The third kappa shape index (κ3) is 2.29. The predicted molar refractivity (Wildman–Crippen MR) is 55.5 cm³/mol. The monoisotopic (exact) mass is 208 g/mol. The molecule has 1 aromatic rings. The van der Waals surface area contributed by atoms with Gasteiger partial charge in [0, 0.05) is 12.0 Å². The minimum atomic E-state index is -0.284. The second kappa shape index (κ2) is 3.81. The smallest absolute Gasteiger partial charge is 0.132 e. The molecule has 15 heavy (non-hydrogen) atoms. The largest absolute Gasteiger partial charge is 0.472 e. The van der Waals surface area contributed by atoms with E-state index in [0.717, 1.165) is 18.4 Å². The normalized spacial score (nSPS) is 30.7. The fraction of sp³-hybridized carbons (Fsp3) is 0.583. The number of hydrogen-bond acceptors (Lipinski definition) is 3. The minimum absolute atomic E-state index is 0.0908. The first kappa shape index (κ1) is 10.4. The Morgan fingerprint density at radius 1 is 1.67 bits per heavy atom. The van der Waals surface area contributed by atoms with E-state index in [1.807, 2.05) is 13.0 Å². The Hall–Kier alpha value is -1.09. The van der Waals surface area contributed by atoms with Gasteiger partial charge in [0.15, 0.2) is 0 Å². The lowest BCUT2D eigenvalue weighted by atomic mass is 9.96. The van der Waals surface area contributed by atoms with Crippen LogP contribution in [0, 0.1) is 0 Å². The topological polar surface area (TPSA) is 39.4 Å². The van der Waals surface area contributed by atoms with Crippen molar-refractivity contribution in [1.82, 2.24) is 0 Å². The van der Waals surface area contributed by atoms with Crippen molar-refractivity contribution in [2.24, 2.45) is 0 Å². The number of carbonyl (C=O) groups excluding carboxylic acids is 1. The van der Waals surface area contributed by atoms with E-state index in [2.05, 4.69) is 0 Å². The summed E-state index contributed by atoms with van der Waals surface area (Å²) in [6.45, 7) is 3.62. The summed E-state index contributed by atoms with van der Waals surface area (Å²) in [5.41, 5.74) is 0.788. The molecule has 1 aliphatic heterocycles. The molecular weight excluding hydrogens is 192 g/mol. The van der Waals surface area contributed by atoms with E-state index in [9.17, 15) is 4.79 Å². The molecule has 0 aromatic carbocycles. The molecule has 3 nitrogen and oxygen atoms in total. The van der Waals surface area contributed by atoms with Gasteiger partial charge in [0.2, 0.25) is 0 Å². The van der Waals surface area contributed by atoms with E-state index in [1.54, 1.807) is 19.5 Å². The Bertz CT molecular complexity index is 342. The molecule has 82 valence electrons. The molecule has 2 heterocycles. The molecule has 1 fully saturated rings. The summed E-state index contributed by atoms with van der Waals surface area (Å²) in [4.78, 5) is 11.1. The van der Waals surface area contributed by atoms with Crippen molar-refractivity contribution in [3.63, 3.8) is 0 Å². The molecule has 0 N–H and O–H groups in total. The zero-order chi connectivity index (χ0) is 10.9. The van der Waals surface area contributed by atoms with E-state index >= 15 is 0 Å². The third-order valence-electron chi connectivity index (χ3n) is 2.90. The predicted octanol–water partition coefficient (Wildman–Crippen LogP) is 2.87. The Kier molecular flexibility index (Phi) is 2.65. The summed E-state index contributed by atoms with van der Waals surface area (Å²) in [5, 5.41) is 0. The minimum Gasteiger partial charge on any atom is -0.472 e. The van der Waals surface area contributed by atoms with Crippen LogP contribution in [0.5, 0.6) is 0 Å². The van der Waals surface area contributed by atoms with Crippen molar-refractivity contribution >= 4 is 5.78 Å². The van der Waals surface area contributed by atoms with Gasteiger partial charge in [0.05, 0.1) is 24.2 Å². The first-order chi connectivity index (χ1) is 7.09. The second-order valence-corrected chi connectivity index (χ2v) is 4.53. The summed E-state index contributed by atoms with van der Waals surface area (Å²) in [6.07, 6.45) is 5.85. The van der Waals surface area contributed by atoms with Crippen LogP contribution in [-0.2, 0) is 9.53 Å². The van der Waals surface area contributed by atoms with Crippen LogP contribution in [-0.4, -0.2) is 11.4 Å². The Morgan fingerprint density at radius 3 is 3.07 bits per heavy atom. The zero-order valence-corrected chi connectivity index (χ0v) is 9.16. The Balaban J connectivity index is 2.03. The number of ether oxygens (including phenoxy) is 1. The average molecular weight is 208 g/mol. The van der Waals surface area contributed by atoms with Crippen LogP contribution in [0.1, 0.15) is 44.8 Å². The highest BCUT2D eigenvalue weighted by molar-refractivity contribution is 5.76. The van der Waals surface area contributed by atoms with Gasteiger partial charge in [-0.05, 0) is 32.8 Å². The van der Waals surface area contributed by atoms with E-state index in [1.165, 1.54) is 0 Å². The molecule has 0 aliphatic carbocycles. The molecule has 2 unspecified atom stereocenters. The fourth-order valence-corrected chi connectivity index (χ4v) is 2.25. The van der Waals surface area contributed by atoms with E-state index in [-0.39, 0.29) is 17.5 Å². The number of hydrogen-bond donors (Lipinski definition) is 0. The molecule has 3 heteroatoms. The molecule has 0 saturated carbocycles. The zero-order valence-electron chi connectivity index (χ0n) is 9.16. The van der Waals surface area contributed by atoms with Crippen LogP contribution >= 0.6 is 0 Å². The number of furan rings is 1. The number of ketones is 1. The molecule has 2 atom stereocenters. The molecular formula is C12H16O3. The molecule has 0 spiro atoms. The number of rotatable bonds is 3. The molecule has 0 radical (unpaired) electrons. The van der Waals surface area contributed by atoms with Crippen LogP contribution in [0.15, 0.2) is 23.0 Å². The summed E-state index contributed by atoms with van der Waals surface area (Å²) in [5.74, 6) is 0.186. The van der Waals surface area contributed by atoms with Gasteiger partial charge in [0.1, 0.15) is 5.78 Å². The quantitative estimate of drug-likeness (QED) is 0.766. The van der Waals surface area contributed by atoms with Gasteiger partial charge in [-0.2, -0.15) is 0 Å². The van der Waals surface area contributed by atoms with Gasteiger partial charge in [-0.3, -0.25) is 4.79 Å². The summed E-state index contributed by atoms with van der Waals surface area (Å²) < 4.78 is 11.0. The maximum absolute atomic E-state index is 11.1. The average Bonchev–Trinajstić information content (AvgIpc) is 2.71. The van der Waals surface area contributed by atoms with E-state index < -0.39 is 0 Å². The molecule has 1 aliphatic rings. The fourth-order valence-electron chi connectivity index (χ4n) is 2.25. The lowest BCUT2D eigenvalue weighted by Crippen LogP contribution is -2.26. The highest BCUT2D eigenvalue weighted by atomic mass is 16.5. The maximum Gasteiger partial charge on any atom is 0.132 e. The van der Waals surface area contributed by atoms with Gasteiger partial charge in [0.25, 0.3) is 0 Å². The van der Waals surface area contributed by atoms with Crippen molar-refractivity contribution < 1.29 is 13.9 Å². The molecule has 0 bridgehead atoms. The van der Waals surface area contributed by atoms with Crippen LogP contribution in [0.4, 0.5) is 0 Å². The van der Waals surface area contributed by atoms with Gasteiger partial charge < -0.3 is 9.15 Å². The first-order valence-electron chi connectivity index (χ1n) is 5.28. The molecule has 1 saturated heterocycles. The standard InChI is InChI=1S/C12H16O3/c1-9(13)7-12(2)5-3-11(15-12)10-4-6-14-8-10/h4,6,8,11H,3,5,7H2,1-2H3. The van der Waals surface area contributed by atoms with Gasteiger partial charge in [-0.1, -0.05) is 0 Å². The van der Waals surface area contributed by atoms with Crippen LogP contribution in [0.25, 0.3) is 0 Å². The molecule has 2 rings (SSSR count). The lowest BCUT2D eigenvalue weighted by molar-refractivity contribution is -0.123. The van der Waals surface area contributed by atoms with Crippen molar-refractivity contribution in [3.8, 4) is 0 Å². The van der Waals surface area contributed by atoms with E-state index in [0.29, 0.717) is 6.42 Å². The SMILES string of the molecule is CC(=O)CC1(C)CCC(c2ccoc2)O1. The summed E-state index contributed by atoms with van der Waals surface area (Å²) in [6, 6.07) is 1.92. The van der Waals surface area contributed by atoms with Crippen molar-refractivity contribution in [1.29, 1.82) is 0 Å². The highest BCUT2D eigenvalue weighted by Crippen LogP contribution is 2.41. The van der Waals surface area contributed by atoms with Crippen molar-refractivity contribution in [2.75, 3.05) is 0 Å². The number of Topliss-reactive ketones (excluding diaryl/α,β-unsaturated/α-hetero) is 1. The summed E-state index contributed by atoms with van der Waals surface area (Å²) in [7, 11) is 0. The van der Waals surface area contributed by atoms with Crippen molar-refractivity contribution in [2.45, 2.75) is 44.8 Å². The second-order valence-electron chi connectivity index (χ2n) is 4.53. The molecule has 0 amide bonds. The first-order valence-corrected chi connectivity index (χ1v) is 5.28. The van der Waals surface area contributed by atoms with Gasteiger partial charge in [-0.25, -0.2) is 0 Å². The molecule has 1 aromatic heterocycles. The number of carbonyl (C=O) groups is 1. The van der Waals surface area contributed by atoms with Crippen molar-refractivity contribution in [3.05, 3.63) is 24.2 Å². The summed E-state index contributed by atoms with van der Waals surface area (Å²) >= 11 is 0. The van der Waals surface area contributed by atoms with Crippen LogP contribution in [0.3, 0.4) is 0 Å². The van der Waals surface area contributed by atoms with Crippen LogP contribution < -0.4 is 0 Å². The van der Waals surface area contributed by atoms with Gasteiger partial charge in [-0.15, -0.1) is 0 Å². The highest BCUT2D eigenvalue weighted by Gasteiger charge is 2.37. The third-order valence-corrected chi connectivity index (χ3v) is 2.90. The maximum atomic E-state index is 11.1. The Labute approximate surface area is 89.4 Å². The van der Waals surface area contributed by atoms with Crippen LogP contribution in [0.2, 0.25) is 0 Å². The Morgan fingerprint density at radius 2 is 2.47 bits per heavy atom. The van der Waals surface area contributed by atoms with Gasteiger partial charge >= 0.3 is 0 Å².